The molecule has 5 rings (SSSR count). The summed E-state index contributed by atoms with van der Waals surface area (Å²) >= 11 is 6.28. The molecule has 2 saturated heterocycles. The van der Waals surface area contributed by atoms with Crippen molar-refractivity contribution in [1.82, 2.24) is 19.9 Å². The molecule has 2 fully saturated rings. The average Bonchev–Trinajstić information content (AvgIpc) is 2.89. The first kappa shape index (κ1) is 23.5. The number of hydrogen-bond donors (Lipinski definition) is 0. The van der Waals surface area contributed by atoms with E-state index in [1.165, 1.54) is 0 Å². The molecule has 2 aliphatic heterocycles. The number of hydrogen-bond acceptors (Lipinski definition) is 8. The Balaban J connectivity index is 1.43. The maximum atomic E-state index is 9.50. The number of nitrogens with zero attached hydrogens (tertiary/aromatic N) is 7. The molecular formula is C26H28ClN7O. The van der Waals surface area contributed by atoms with Gasteiger partial charge in [0.15, 0.2) is 5.82 Å². The molecular weight excluding hydrogens is 462 g/mol. The number of pyridine rings is 1. The highest BCUT2D eigenvalue weighted by atomic mass is 35.5. The number of ether oxygens (including phenoxy) is 1. The zero-order chi connectivity index (χ0) is 24.2. The lowest BCUT2D eigenvalue weighted by Gasteiger charge is -2.41. The van der Waals surface area contributed by atoms with E-state index < -0.39 is 0 Å². The number of morpholine rings is 1. The van der Waals surface area contributed by atoms with Crippen LogP contribution in [0.1, 0.15) is 18.2 Å². The molecule has 0 spiro atoms. The minimum Gasteiger partial charge on any atom is -0.379 e. The third-order valence-electron chi connectivity index (χ3n) is 6.47. The van der Waals surface area contributed by atoms with E-state index >= 15 is 0 Å². The number of anilines is 2. The second-order valence-corrected chi connectivity index (χ2v) is 9.35. The van der Waals surface area contributed by atoms with Gasteiger partial charge in [-0.25, -0.2) is 15.0 Å². The molecule has 9 heteroatoms. The van der Waals surface area contributed by atoms with Crippen LogP contribution in [0.15, 0.2) is 48.7 Å². The smallest absolute Gasteiger partial charge is 0.161 e. The lowest BCUT2D eigenvalue weighted by molar-refractivity contribution is 0.0336. The summed E-state index contributed by atoms with van der Waals surface area (Å²) in [6, 6.07) is 15.9. The SMILES string of the molecule is C[C@@H]1CN(c2ncccc2C#N)CCN1c1cc(CN2CCOCC2)nc(-c2cccc(Cl)c2)n1. The number of piperazine rings is 1. The lowest BCUT2D eigenvalue weighted by Crippen LogP contribution is -2.53. The summed E-state index contributed by atoms with van der Waals surface area (Å²) in [5, 5.41) is 10.2. The van der Waals surface area contributed by atoms with Crippen molar-refractivity contribution in [1.29, 1.82) is 5.26 Å². The van der Waals surface area contributed by atoms with Gasteiger partial charge in [0, 0.05) is 68.2 Å². The molecule has 0 saturated carbocycles. The molecule has 0 radical (unpaired) electrons. The van der Waals surface area contributed by atoms with Crippen LogP contribution in [0, 0.1) is 11.3 Å². The molecule has 0 N–H and O–H groups in total. The van der Waals surface area contributed by atoms with Crippen molar-refractivity contribution in [2.24, 2.45) is 0 Å². The Hall–Kier alpha value is -3.25. The van der Waals surface area contributed by atoms with Crippen LogP contribution in [-0.4, -0.2) is 71.8 Å². The minimum atomic E-state index is 0.177. The van der Waals surface area contributed by atoms with Crippen LogP contribution in [0.2, 0.25) is 5.02 Å². The van der Waals surface area contributed by atoms with Crippen molar-refractivity contribution in [3.63, 3.8) is 0 Å². The standard InChI is InChI=1S/C26H28ClN7O/c1-19-17-33(26-21(16-28)5-3-7-29-26)8-9-34(19)24-15-23(18-32-10-12-35-13-11-32)30-25(31-24)20-4-2-6-22(27)14-20/h2-7,14-15,19H,8-13,17-18H2,1H3/t19-/m1/s1. The first-order chi connectivity index (χ1) is 17.1. The van der Waals surface area contributed by atoms with Gasteiger partial charge in [-0.2, -0.15) is 5.26 Å². The van der Waals surface area contributed by atoms with E-state index in [-0.39, 0.29) is 6.04 Å². The van der Waals surface area contributed by atoms with Crippen LogP contribution in [0.3, 0.4) is 0 Å². The van der Waals surface area contributed by atoms with Gasteiger partial charge in [-0.05, 0) is 31.2 Å². The van der Waals surface area contributed by atoms with Crippen LogP contribution in [0.25, 0.3) is 11.4 Å². The molecule has 1 aromatic carbocycles. The van der Waals surface area contributed by atoms with Crippen molar-refractivity contribution in [2.75, 3.05) is 55.7 Å². The summed E-state index contributed by atoms with van der Waals surface area (Å²) in [6.45, 7) is 8.49. The topological polar surface area (TPSA) is 81.4 Å². The Morgan fingerprint density at radius 1 is 1.09 bits per heavy atom. The molecule has 8 nitrogen and oxygen atoms in total. The summed E-state index contributed by atoms with van der Waals surface area (Å²) < 4.78 is 5.51. The van der Waals surface area contributed by atoms with Gasteiger partial charge in [-0.3, -0.25) is 4.90 Å². The van der Waals surface area contributed by atoms with E-state index in [2.05, 4.69) is 38.7 Å². The van der Waals surface area contributed by atoms with Gasteiger partial charge in [-0.15, -0.1) is 0 Å². The maximum absolute atomic E-state index is 9.50. The zero-order valence-corrected chi connectivity index (χ0v) is 20.5. The van der Waals surface area contributed by atoms with Crippen LogP contribution in [-0.2, 0) is 11.3 Å². The van der Waals surface area contributed by atoms with Crippen LogP contribution >= 0.6 is 11.6 Å². The van der Waals surface area contributed by atoms with Gasteiger partial charge in [0.2, 0.25) is 0 Å². The van der Waals surface area contributed by atoms with E-state index in [0.29, 0.717) is 16.4 Å². The molecule has 1 atom stereocenters. The number of rotatable bonds is 5. The molecule has 2 aromatic heterocycles. The molecule has 4 heterocycles. The quantitative estimate of drug-likeness (QED) is 0.537. The fourth-order valence-electron chi connectivity index (χ4n) is 4.68. The monoisotopic (exact) mass is 489 g/mol. The maximum Gasteiger partial charge on any atom is 0.161 e. The van der Waals surface area contributed by atoms with Gasteiger partial charge in [0.25, 0.3) is 0 Å². The second kappa shape index (κ2) is 10.6. The summed E-state index contributed by atoms with van der Waals surface area (Å²) in [5.41, 5.74) is 2.49. The fourth-order valence-corrected chi connectivity index (χ4v) is 4.87. The third-order valence-corrected chi connectivity index (χ3v) is 6.70. The average molecular weight is 490 g/mol. The molecule has 2 aliphatic rings. The van der Waals surface area contributed by atoms with Crippen LogP contribution < -0.4 is 9.80 Å². The van der Waals surface area contributed by atoms with Gasteiger partial charge in [0.1, 0.15) is 17.7 Å². The Labute approximate surface area is 210 Å². The molecule has 35 heavy (non-hydrogen) atoms. The number of aromatic nitrogens is 3. The number of benzene rings is 1. The van der Waals surface area contributed by atoms with Crippen molar-refractivity contribution >= 4 is 23.2 Å². The van der Waals surface area contributed by atoms with E-state index in [0.717, 1.165) is 75.4 Å². The first-order valence-electron chi connectivity index (χ1n) is 11.9. The summed E-state index contributed by atoms with van der Waals surface area (Å²) in [4.78, 5) is 21.2. The first-order valence-corrected chi connectivity index (χ1v) is 12.3. The number of halogens is 1. The van der Waals surface area contributed by atoms with Crippen LogP contribution in [0.4, 0.5) is 11.6 Å². The summed E-state index contributed by atoms with van der Waals surface area (Å²) in [5.74, 6) is 2.34. The molecule has 0 unspecified atom stereocenters. The van der Waals surface area contributed by atoms with Crippen molar-refractivity contribution in [3.8, 4) is 17.5 Å². The predicted molar refractivity (Wildman–Crippen MR) is 137 cm³/mol. The van der Waals surface area contributed by atoms with E-state index in [1.807, 2.05) is 30.3 Å². The summed E-state index contributed by atoms with van der Waals surface area (Å²) in [6.07, 6.45) is 1.74. The second-order valence-electron chi connectivity index (χ2n) is 8.91. The Morgan fingerprint density at radius 3 is 2.71 bits per heavy atom. The van der Waals surface area contributed by atoms with E-state index in [1.54, 1.807) is 12.3 Å². The van der Waals surface area contributed by atoms with Gasteiger partial charge in [0.05, 0.1) is 24.5 Å². The van der Waals surface area contributed by atoms with Crippen molar-refractivity contribution < 1.29 is 4.74 Å². The molecule has 0 aliphatic carbocycles. The predicted octanol–water partition coefficient (Wildman–Crippen LogP) is 3.61. The molecule has 3 aromatic rings. The molecule has 0 amide bonds. The van der Waals surface area contributed by atoms with E-state index in [9.17, 15) is 5.26 Å². The Kier molecular flexibility index (Phi) is 7.09. The Bertz CT molecular complexity index is 1220. The van der Waals surface area contributed by atoms with Gasteiger partial charge < -0.3 is 14.5 Å². The van der Waals surface area contributed by atoms with Crippen molar-refractivity contribution in [2.45, 2.75) is 19.5 Å². The highest BCUT2D eigenvalue weighted by molar-refractivity contribution is 6.30. The molecule has 0 bridgehead atoms. The highest BCUT2D eigenvalue weighted by Crippen LogP contribution is 2.27. The van der Waals surface area contributed by atoms with Gasteiger partial charge >= 0.3 is 0 Å². The largest absolute Gasteiger partial charge is 0.379 e. The van der Waals surface area contributed by atoms with Crippen molar-refractivity contribution in [3.05, 3.63) is 64.9 Å². The van der Waals surface area contributed by atoms with E-state index in [4.69, 9.17) is 26.3 Å². The molecule has 180 valence electrons. The highest BCUT2D eigenvalue weighted by Gasteiger charge is 2.28. The van der Waals surface area contributed by atoms with Gasteiger partial charge in [-0.1, -0.05) is 23.7 Å². The van der Waals surface area contributed by atoms with Crippen LogP contribution in [0.5, 0.6) is 0 Å². The zero-order valence-electron chi connectivity index (χ0n) is 19.8. The fraction of sp³-hybridized carbons (Fsp3) is 0.385. The Morgan fingerprint density at radius 2 is 1.94 bits per heavy atom. The lowest BCUT2D eigenvalue weighted by atomic mass is 10.1. The minimum absolute atomic E-state index is 0.177. The third kappa shape index (κ3) is 5.38. The summed E-state index contributed by atoms with van der Waals surface area (Å²) in [7, 11) is 0. The number of nitriles is 1. The normalized spacial score (nSPS) is 18.9.